The standard InChI is InChI=1S/C18H28N2O4S/c1-14(2)7-8-15(3)19-18(21)16-5-4-6-17(13-16)25(22,23)20-9-11-24-12-10-20/h4-6,13-15H,7-12H2,1-3H3,(H,19,21). The molecule has 0 saturated carbocycles. The van der Waals surface area contributed by atoms with E-state index in [2.05, 4.69) is 19.2 Å². The molecule has 0 bridgehead atoms. The Balaban J connectivity index is 2.08. The van der Waals surface area contributed by atoms with Crippen LogP contribution in [0.3, 0.4) is 0 Å². The normalized spacial score (nSPS) is 17.4. The molecule has 1 aromatic rings. The Morgan fingerprint density at radius 1 is 1.20 bits per heavy atom. The maximum absolute atomic E-state index is 12.7. The quantitative estimate of drug-likeness (QED) is 0.801. The van der Waals surface area contributed by atoms with Gasteiger partial charge >= 0.3 is 0 Å². The molecule has 0 spiro atoms. The number of benzene rings is 1. The number of ether oxygens (including phenoxy) is 1. The van der Waals surface area contributed by atoms with Crippen molar-refractivity contribution in [1.29, 1.82) is 0 Å². The van der Waals surface area contributed by atoms with Crippen LogP contribution in [-0.2, 0) is 14.8 Å². The van der Waals surface area contributed by atoms with E-state index in [4.69, 9.17) is 4.74 Å². The molecule has 1 saturated heterocycles. The zero-order chi connectivity index (χ0) is 18.4. The highest BCUT2D eigenvalue weighted by molar-refractivity contribution is 7.89. The lowest BCUT2D eigenvalue weighted by atomic mass is 10.0. The third-order valence-electron chi connectivity index (χ3n) is 4.26. The van der Waals surface area contributed by atoms with Crippen molar-refractivity contribution in [2.24, 2.45) is 5.92 Å². The van der Waals surface area contributed by atoms with Crippen molar-refractivity contribution in [3.8, 4) is 0 Å². The molecule has 6 nitrogen and oxygen atoms in total. The van der Waals surface area contributed by atoms with E-state index in [0.29, 0.717) is 37.8 Å². The van der Waals surface area contributed by atoms with Crippen LogP contribution in [0.2, 0.25) is 0 Å². The number of morpholine rings is 1. The first kappa shape index (κ1) is 19.9. The minimum Gasteiger partial charge on any atom is -0.379 e. The third kappa shape index (κ3) is 5.52. The SMILES string of the molecule is CC(C)CCC(C)NC(=O)c1cccc(S(=O)(=O)N2CCOCC2)c1. The Labute approximate surface area is 150 Å². The van der Waals surface area contributed by atoms with E-state index in [9.17, 15) is 13.2 Å². The molecule has 1 aliphatic rings. The second kappa shape index (κ2) is 8.78. The lowest BCUT2D eigenvalue weighted by Gasteiger charge is -2.26. The summed E-state index contributed by atoms with van der Waals surface area (Å²) in [4.78, 5) is 12.6. The zero-order valence-corrected chi connectivity index (χ0v) is 16.0. The first-order chi connectivity index (χ1) is 11.8. The summed E-state index contributed by atoms with van der Waals surface area (Å²) in [6.07, 6.45) is 1.93. The summed E-state index contributed by atoms with van der Waals surface area (Å²) < 4.78 is 32.0. The molecule has 1 atom stereocenters. The van der Waals surface area contributed by atoms with Gasteiger partial charge in [-0.05, 0) is 43.9 Å². The van der Waals surface area contributed by atoms with Crippen LogP contribution in [0.5, 0.6) is 0 Å². The van der Waals surface area contributed by atoms with Crippen LogP contribution in [0.1, 0.15) is 44.0 Å². The van der Waals surface area contributed by atoms with Crippen molar-refractivity contribution < 1.29 is 17.9 Å². The number of nitrogens with one attached hydrogen (secondary N) is 1. The highest BCUT2D eigenvalue weighted by Gasteiger charge is 2.27. The molecule has 1 N–H and O–H groups in total. The van der Waals surface area contributed by atoms with Crippen molar-refractivity contribution in [2.45, 2.75) is 44.6 Å². The Bertz CT molecular complexity index is 682. The number of hydrogen-bond acceptors (Lipinski definition) is 4. The molecule has 2 rings (SSSR count). The van der Waals surface area contributed by atoms with Crippen LogP contribution in [0.4, 0.5) is 0 Å². The van der Waals surface area contributed by atoms with E-state index in [1.807, 2.05) is 6.92 Å². The molecule has 0 aromatic heterocycles. The Morgan fingerprint density at radius 2 is 1.88 bits per heavy atom. The molecular weight excluding hydrogens is 340 g/mol. The maximum Gasteiger partial charge on any atom is 0.251 e. The van der Waals surface area contributed by atoms with Gasteiger partial charge in [-0.2, -0.15) is 4.31 Å². The summed E-state index contributed by atoms with van der Waals surface area (Å²) >= 11 is 0. The lowest BCUT2D eigenvalue weighted by molar-refractivity contribution is 0.0730. The van der Waals surface area contributed by atoms with Crippen LogP contribution in [0.25, 0.3) is 0 Å². The number of rotatable bonds is 7. The fourth-order valence-electron chi connectivity index (χ4n) is 2.70. The van der Waals surface area contributed by atoms with Crippen molar-refractivity contribution >= 4 is 15.9 Å². The Morgan fingerprint density at radius 3 is 2.52 bits per heavy atom. The molecule has 1 amide bonds. The molecule has 1 aromatic carbocycles. The van der Waals surface area contributed by atoms with Gasteiger partial charge in [0, 0.05) is 24.7 Å². The van der Waals surface area contributed by atoms with Gasteiger partial charge in [-0.1, -0.05) is 19.9 Å². The van der Waals surface area contributed by atoms with Gasteiger partial charge in [-0.25, -0.2) is 8.42 Å². The topological polar surface area (TPSA) is 75.7 Å². The fourth-order valence-corrected chi connectivity index (χ4v) is 4.15. The number of amides is 1. The predicted octanol–water partition coefficient (Wildman–Crippen LogP) is 2.26. The van der Waals surface area contributed by atoms with E-state index in [1.165, 1.54) is 16.4 Å². The lowest BCUT2D eigenvalue weighted by Crippen LogP contribution is -2.40. The largest absolute Gasteiger partial charge is 0.379 e. The summed E-state index contributed by atoms with van der Waals surface area (Å²) in [7, 11) is -3.59. The molecule has 1 heterocycles. The summed E-state index contributed by atoms with van der Waals surface area (Å²) in [6, 6.07) is 6.29. The molecule has 1 fully saturated rings. The third-order valence-corrected chi connectivity index (χ3v) is 6.15. The van der Waals surface area contributed by atoms with Gasteiger partial charge in [-0.3, -0.25) is 4.79 Å². The molecule has 25 heavy (non-hydrogen) atoms. The van der Waals surface area contributed by atoms with Crippen LogP contribution >= 0.6 is 0 Å². The molecule has 140 valence electrons. The van der Waals surface area contributed by atoms with Gasteiger partial charge < -0.3 is 10.1 Å². The molecule has 0 radical (unpaired) electrons. The monoisotopic (exact) mass is 368 g/mol. The fraction of sp³-hybridized carbons (Fsp3) is 0.611. The number of sulfonamides is 1. The van der Waals surface area contributed by atoms with Gasteiger partial charge in [0.05, 0.1) is 18.1 Å². The molecular formula is C18H28N2O4S. The summed E-state index contributed by atoms with van der Waals surface area (Å²) in [6.45, 7) is 7.73. The van der Waals surface area contributed by atoms with Crippen LogP contribution in [-0.4, -0.2) is 51.0 Å². The number of nitrogens with zero attached hydrogens (tertiary/aromatic N) is 1. The molecule has 1 aliphatic heterocycles. The summed E-state index contributed by atoms with van der Waals surface area (Å²) in [5, 5.41) is 2.94. The van der Waals surface area contributed by atoms with Gasteiger partial charge in [0.25, 0.3) is 5.91 Å². The van der Waals surface area contributed by atoms with Crippen molar-refractivity contribution in [1.82, 2.24) is 9.62 Å². The molecule has 1 unspecified atom stereocenters. The highest BCUT2D eigenvalue weighted by atomic mass is 32.2. The summed E-state index contributed by atoms with van der Waals surface area (Å²) in [5.41, 5.74) is 0.366. The Kier molecular flexibility index (Phi) is 6.98. The average molecular weight is 368 g/mol. The highest BCUT2D eigenvalue weighted by Crippen LogP contribution is 2.18. The number of carbonyl (C=O) groups excluding carboxylic acids is 1. The second-order valence-corrected chi connectivity index (χ2v) is 8.83. The number of carbonyl (C=O) groups is 1. The van der Waals surface area contributed by atoms with Crippen LogP contribution in [0, 0.1) is 5.92 Å². The van der Waals surface area contributed by atoms with Crippen molar-refractivity contribution in [3.63, 3.8) is 0 Å². The molecule has 0 aliphatic carbocycles. The van der Waals surface area contributed by atoms with Gasteiger partial charge in [0.15, 0.2) is 0 Å². The van der Waals surface area contributed by atoms with E-state index < -0.39 is 10.0 Å². The van der Waals surface area contributed by atoms with E-state index in [1.54, 1.807) is 12.1 Å². The zero-order valence-electron chi connectivity index (χ0n) is 15.2. The number of hydrogen-bond donors (Lipinski definition) is 1. The first-order valence-electron chi connectivity index (χ1n) is 8.79. The van der Waals surface area contributed by atoms with E-state index in [0.717, 1.165) is 12.8 Å². The maximum atomic E-state index is 12.7. The van der Waals surface area contributed by atoms with Gasteiger partial charge in [0.2, 0.25) is 10.0 Å². The second-order valence-electron chi connectivity index (χ2n) is 6.89. The predicted molar refractivity (Wildman–Crippen MR) is 97.0 cm³/mol. The smallest absolute Gasteiger partial charge is 0.251 e. The van der Waals surface area contributed by atoms with Crippen LogP contribution in [0.15, 0.2) is 29.2 Å². The van der Waals surface area contributed by atoms with E-state index >= 15 is 0 Å². The van der Waals surface area contributed by atoms with Gasteiger partial charge in [-0.15, -0.1) is 0 Å². The summed E-state index contributed by atoms with van der Waals surface area (Å²) in [5.74, 6) is 0.344. The molecule has 7 heteroatoms. The van der Waals surface area contributed by atoms with E-state index in [-0.39, 0.29) is 16.8 Å². The van der Waals surface area contributed by atoms with Crippen molar-refractivity contribution in [3.05, 3.63) is 29.8 Å². The van der Waals surface area contributed by atoms with Crippen molar-refractivity contribution in [2.75, 3.05) is 26.3 Å². The minimum atomic E-state index is -3.59. The minimum absolute atomic E-state index is 0.0504. The average Bonchev–Trinajstić information content (AvgIpc) is 2.61. The van der Waals surface area contributed by atoms with Gasteiger partial charge in [0.1, 0.15) is 0 Å². The first-order valence-corrected chi connectivity index (χ1v) is 10.2. The van der Waals surface area contributed by atoms with Crippen LogP contribution < -0.4 is 5.32 Å². The Hall–Kier alpha value is -1.44.